The van der Waals surface area contributed by atoms with Gasteiger partial charge in [0, 0.05) is 6.92 Å². The number of hydrogen-bond acceptors (Lipinski definition) is 3. The number of hydrogen-bond donors (Lipinski definition) is 1. The molecule has 1 amide bonds. The summed E-state index contributed by atoms with van der Waals surface area (Å²) in [5.74, 6) is -0.183. The zero-order valence-corrected chi connectivity index (χ0v) is 10.7. The van der Waals surface area contributed by atoms with Gasteiger partial charge in [0.15, 0.2) is 5.78 Å². The number of pyridine rings is 1. The molecule has 86 valence electrons. The first-order chi connectivity index (χ1) is 7.50. The van der Waals surface area contributed by atoms with Crippen LogP contribution in [0.2, 0.25) is 0 Å². The molecule has 0 aliphatic rings. The third-order valence-corrected chi connectivity index (χ3v) is 2.35. The van der Waals surface area contributed by atoms with E-state index in [-0.39, 0.29) is 16.5 Å². The number of halogens is 1. The summed E-state index contributed by atoms with van der Waals surface area (Å²) in [6.45, 7) is 3.53. The average Bonchev–Trinajstić information content (AvgIpc) is 2.25. The van der Waals surface area contributed by atoms with E-state index in [1.54, 1.807) is 25.1 Å². The van der Waals surface area contributed by atoms with Crippen molar-refractivity contribution in [2.45, 2.75) is 25.2 Å². The lowest BCUT2D eigenvalue weighted by atomic mass is 10.2. The third-order valence-electron chi connectivity index (χ3n) is 1.94. The number of ketones is 1. The van der Waals surface area contributed by atoms with Crippen LogP contribution in [-0.2, 0) is 11.3 Å². The highest BCUT2D eigenvalue weighted by Crippen LogP contribution is 2.08. The number of carbonyl (C=O) groups is 2. The second-order valence-corrected chi connectivity index (χ2v) is 4.78. The molecule has 4 nitrogen and oxygen atoms in total. The second-order valence-electron chi connectivity index (χ2n) is 3.40. The number of amides is 1. The minimum absolute atomic E-state index is 0.0651. The fourth-order valence-electron chi connectivity index (χ4n) is 1.13. The SMILES string of the molecule is CC(=O)NCc1cccc(C(=O)C(C)Br)n1. The van der Waals surface area contributed by atoms with Gasteiger partial charge in [-0.2, -0.15) is 0 Å². The Labute approximate surface area is 103 Å². The maximum atomic E-state index is 11.6. The number of Topliss-reactive ketones (excluding diaryl/α,β-unsaturated/α-hetero) is 1. The van der Waals surface area contributed by atoms with Crippen molar-refractivity contribution in [3.8, 4) is 0 Å². The van der Waals surface area contributed by atoms with Gasteiger partial charge in [-0.25, -0.2) is 4.98 Å². The smallest absolute Gasteiger partial charge is 0.217 e. The number of alkyl halides is 1. The van der Waals surface area contributed by atoms with Crippen molar-refractivity contribution in [2.75, 3.05) is 0 Å². The Hall–Kier alpha value is -1.23. The van der Waals surface area contributed by atoms with Crippen LogP contribution in [0.15, 0.2) is 18.2 Å². The molecule has 0 saturated heterocycles. The van der Waals surface area contributed by atoms with E-state index >= 15 is 0 Å². The topological polar surface area (TPSA) is 59.1 Å². The number of aromatic nitrogens is 1. The van der Waals surface area contributed by atoms with Gasteiger partial charge in [0.25, 0.3) is 0 Å². The molecule has 16 heavy (non-hydrogen) atoms. The van der Waals surface area contributed by atoms with Crippen molar-refractivity contribution in [1.29, 1.82) is 0 Å². The first-order valence-corrected chi connectivity index (χ1v) is 5.81. The van der Waals surface area contributed by atoms with Crippen molar-refractivity contribution in [3.63, 3.8) is 0 Å². The molecule has 0 bridgehead atoms. The summed E-state index contributed by atoms with van der Waals surface area (Å²) in [6.07, 6.45) is 0. The monoisotopic (exact) mass is 284 g/mol. The van der Waals surface area contributed by atoms with Gasteiger partial charge < -0.3 is 5.32 Å². The summed E-state index contributed by atoms with van der Waals surface area (Å²) in [4.78, 5) is 26.3. The second kappa shape index (κ2) is 5.75. The van der Waals surface area contributed by atoms with E-state index < -0.39 is 0 Å². The minimum Gasteiger partial charge on any atom is -0.351 e. The fraction of sp³-hybridized carbons (Fsp3) is 0.364. The van der Waals surface area contributed by atoms with Gasteiger partial charge in [-0.15, -0.1) is 0 Å². The lowest BCUT2D eigenvalue weighted by molar-refractivity contribution is -0.119. The maximum absolute atomic E-state index is 11.6. The number of nitrogens with zero attached hydrogens (tertiary/aromatic N) is 1. The molecular weight excluding hydrogens is 272 g/mol. The summed E-state index contributed by atoms with van der Waals surface area (Å²) in [5.41, 5.74) is 1.08. The van der Waals surface area contributed by atoms with E-state index in [2.05, 4.69) is 26.2 Å². The summed E-state index contributed by atoms with van der Waals surface area (Å²) in [7, 11) is 0. The zero-order valence-electron chi connectivity index (χ0n) is 9.16. The van der Waals surface area contributed by atoms with E-state index in [1.165, 1.54) is 6.92 Å². The highest BCUT2D eigenvalue weighted by molar-refractivity contribution is 9.10. The van der Waals surface area contributed by atoms with Gasteiger partial charge in [0.1, 0.15) is 5.69 Å². The van der Waals surface area contributed by atoms with Crippen LogP contribution in [0.4, 0.5) is 0 Å². The lowest BCUT2D eigenvalue weighted by Gasteiger charge is -2.05. The average molecular weight is 285 g/mol. The van der Waals surface area contributed by atoms with Crippen LogP contribution < -0.4 is 5.32 Å². The Morgan fingerprint density at radius 2 is 2.19 bits per heavy atom. The first-order valence-electron chi connectivity index (χ1n) is 4.89. The highest BCUT2D eigenvalue weighted by atomic mass is 79.9. The quantitative estimate of drug-likeness (QED) is 0.676. The Morgan fingerprint density at radius 3 is 2.75 bits per heavy atom. The summed E-state index contributed by atoms with van der Waals surface area (Å²) < 4.78 is 0. The van der Waals surface area contributed by atoms with Crippen molar-refractivity contribution < 1.29 is 9.59 Å². The molecule has 1 heterocycles. The van der Waals surface area contributed by atoms with Crippen molar-refractivity contribution >= 4 is 27.6 Å². The van der Waals surface area contributed by atoms with Gasteiger partial charge in [-0.1, -0.05) is 22.0 Å². The fourth-order valence-corrected chi connectivity index (χ4v) is 1.37. The molecule has 0 aliphatic heterocycles. The molecule has 0 saturated carbocycles. The number of carbonyl (C=O) groups excluding carboxylic acids is 2. The molecule has 0 aromatic carbocycles. The van der Waals surface area contributed by atoms with Gasteiger partial charge in [0.2, 0.25) is 5.91 Å². The van der Waals surface area contributed by atoms with Gasteiger partial charge >= 0.3 is 0 Å². The van der Waals surface area contributed by atoms with Gasteiger partial charge in [-0.05, 0) is 19.1 Å². The van der Waals surface area contributed by atoms with Gasteiger partial charge in [0.05, 0.1) is 17.1 Å². The molecule has 1 rings (SSSR count). The molecule has 1 unspecified atom stereocenters. The van der Waals surface area contributed by atoms with Crippen LogP contribution in [0.1, 0.15) is 30.0 Å². The van der Waals surface area contributed by atoms with Crippen molar-refractivity contribution in [1.82, 2.24) is 10.3 Å². The minimum atomic E-state index is -0.254. The zero-order chi connectivity index (χ0) is 12.1. The molecule has 0 fully saturated rings. The van der Waals surface area contributed by atoms with E-state index in [9.17, 15) is 9.59 Å². The van der Waals surface area contributed by atoms with Crippen LogP contribution >= 0.6 is 15.9 Å². The van der Waals surface area contributed by atoms with E-state index in [4.69, 9.17) is 0 Å². The van der Waals surface area contributed by atoms with Crippen LogP contribution in [0.5, 0.6) is 0 Å². The third kappa shape index (κ3) is 3.73. The Kier molecular flexibility index (Phi) is 4.61. The summed E-state index contributed by atoms with van der Waals surface area (Å²) in [6, 6.07) is 5.19. The molecule has 1 aromatic rings. The van der Waals surface area contributed by atoms with Gasteiger partial charge in [-0.3, -0.25) is 9.59 Å². The lowest BCUT2D eigenvalue weighted by Crippen LogP contribution is -2.20. The molecule has 5 heteroatoms. The van der Waals surface area contributed by atoms with Crippen LogP contribution in [0, 0.1) is 0 Å². The van der Waals surface area contributed by atoms with Crippen molar-refractivity contribution in [2.24, 2.45) is 0 Å². The summed E-state index contributed by atoms with van der Waals surface area (Å²) >= 11 is 3.20. The van der Waals surface area contributed by atoms with Crippen LogP contribution in [0.25, 0.3) is 0 Å². The van der Waals surface area contributed by atoms with Crippen LogP contribution in [0.3, 0.4) is 0 Å². The van der Waals surface area contributed by atoms with Crippen molar-refractivity contribution in [3.05, 3.63) is 29.6 Å². The van der Waals surface area contributed by atoms with E-state index in [0.29, 0.717) is 17.9 Å². The Morgan fingerprint density at radius 1 is 1.50 bits per heavy atom. The summed E-state index contributed by atoms with van der Waals surface area (Å²) in [5, 5.41) is 2.63. The molecule has 0 aliphatic carbocycles. The molecular formula is C11H13BrN2O2. The molecule has 0 radical (unpaired) electrons. The first kappa shape index (κ1) is 12.8. The molecule has 1 N–H and O–H groups in total. The maximum Gasteiger partial charge on any atom is 0.217 e. The van der Waals surface area contributed by atoms with Crippen LogP contribution in [-0.4, -0.2) is 21.5 Å². The normalized spacial score (nSPS) is 11.9. The Balaban J connectivity index is 2.78. The number of nitrogens with one attached hydrogen (secondary N) is 1. The highest BCUT2D eigenvalue weighted by Gasteiger charge is 2.13. The molecule has 1 aromatic heterocycles. The van der Waals surface area contributed by atoms with E-state index in [1.807, 2.05) is 0 Å². The number of rotatable bonds is 4. The molecule has 0 spiro atoms. The standard InChI is InChI=1S/C11H13BrN2O2/c1-7(12)11(16)10-5-3-4-9(14-10)6-13-8(2)15/h3-5,7H,6H2,1-2H3,(H,13,15). The van der Waals surface area contributed by atoms with E-state index in [0.717, 1.165) is 0 Å². The predicted octanol–water partition coefficient (Wildman–Crippen LogP) is 1.68. The predicted molar refractivity (Wildman–Crippen MR) is 64.5 cm³/mol. The Bertz CT molecular complexity index is 405. The largest absolute Gasteiger partial charge is 0.351 e. The molecule has 1 atom stereocenters.